The summed E-state index contributed by atoms with van der Waals surface area (Å²) in [5.41, 5.74) is -0.852. The summed E-state index contributed by atoms with van der Waals surface area (Å²) >= 11 is 0. The molecule has 0 fully saturated rings. The summed E-state index contributed by atoms with van der Waals surface area (Å²) < 4.78 is 0. The van der Waals surface area contributed by atoms with E-state index in [4.69, 9.17) is 0 Å². The Bertz CT molecular complexity index is 926. The lowest BCUT2D eigenvalue weighted by molar-refractivity contribution is -0.124. The van der Waals surface area contributed by atoms with E-state index in [1.54, 1.807) is 12.1 Å². The summed E-state index contributed by atoms with van der Waals surface area (Å²) in [7, 11) is 0. The Kier molecular flexibility index (Phi) is 2.05. The average molecular weight is 264 g/mol. The fraction of sp³-hybridized carbons (Fsp3) is 0.118. The second-order valence-corrected chi connectivity index (χ2v) is 5.32. The molecule has 0 aromatic heterocycles. The third-order valence-corrected chi connectivity index (χ3v) is 4.22. The van der Waals surface area contributed by atoms with Gasteiger partial charge < -0.3 is 10.2 Å². The first-order chi connectivity index (χ1) is 9.64. The van der Waals surface area contributed by atoms with Gasteiger partial charge in [-0.15, -0.1) is 0 Å². The lowest BCUT2D eigenvalue weighted by atomic mass is 9.81. The van der Waals surface area contributed by atoms with Crippen molar-refractivity contribution < 1.29 is 15.0 Å². The van der Waals surface area contributed by atoms with Crippen molar-refractivity contribution in [1.29, 1.82) is 0 Å². The van der Waals surface area contributed by atoms with E-state index in [0.29, 0.717) is 11.8 Å². The lowest BCUT2D eigenvalue weighted by Crippen LogP contribution is -2.32. The minimum atomic E-state index is -1.47. The summed E-state index contributed by atoms with van der Waals surface area (Å²) in [6.45, 7) is 0. The van der Waals surface area contributed by atoms with Crippen molar-refractivity contribution in [2.24, 2.45) is 0 Å². The standard InChI is InChI=1S/C17H12O3/c18-9-17(20)8-7-11-1-4-12-14(19)6-3-10-2-5-13(17)16(11)15(10)12/h1-7,9,19-20H,8H2. The zero-order valence-corrected chi connectivity index (χ0v) is 10.6. The third-order valence-electron chi connectivity index (χ3n) is 4.22. The fourth-order valence-corrected chi connectivity index (χ4v) is 3.18. The topological polar surface area (TPSA) is 57.5 Å². The Morgan fingerprint density at radius 1 is 1.05 bits per heavy atom. The molecule has 3 nitrogen and oxygen atoms in total. The molecule has 1 unspecified atom stereocenters. The maximum absolute atomic E-state index is 11.3. The summed E-state index contributed by atoms with van der Waals surface area (Å²) in [6.07, 6.45) is 2.75. The van der Waals surface area contributed by atoms with Crippen LogP contribution >= 0.6 is 0 Å². The van der Waals surface area contributed by atoms with Crippen molar-refractivity contribution in [3.63, 3.8) is 0 Å². The molecule has 0 heterocycles. The first-order valence-corrected chi connectivity index (χ1v) is 6.50. The van der Waals surface area contributed by atoms with Gasteiger partial charge in [0.15, 0.2) is 6.29 Å². The van der Waals surface area contributed by atoms with Gasteiger partial charge in [0.05, 0.1) is 0 Å². The predicted octanol–water partition coefficient (Wildman–Crippen LogP) is 1.99. The Morgan fingerprint density at radius 3 is 2.65 bits per heavy atom. The number of phenolic OH excluding ortho intramolecular Hbond substituents is 1. The van der Waals surface area contributed by atoms with Crippen molar-refractivity contribution in [2.75, 3.05) is 0 Å². The summed E-state index contributed by atoms with van der Waals surface area (Å²) in [6, 6.07) is 11.0. The van der Waals surface area contributed by atoms with E-state index >= 15 is 0 Å². The quantitative estimate of drug-likeness (QED) is 0.661. The van der Waals surface area contributed by atoms with Gasteiger partial charge in [-0.1, -0.05) is 36.4 Å². The molecule has 3 heteroatoms. The SMILES string of the molecule is O=CC1(O)CC=c2ccc3c(O)ccc4ccc1c2c43. The smallest absolute Gasteiger partial charge is 0.156 e. The molecule has 98 valence electrons. The van der Waals surface area contributed by atoms with Gasteiger partial charge in [0.1, 0.15) is 11.4 Å². The van der Waals surface area contributed by atoms with Crippen molar-refractivity contribution in [1.82, 2.24) is 0 Å². The zero-order chi connectivity index (χ0) is 13.9. The number of carbonyl (C=O) groups excluding carboxylic acids is 1. The first kappa shape index (κ1) is 11.4. The van der Waals surface area contributed by atoms with Gasteiger partial charge in [0.25, 0.3) is 0 Å². The molecule has 1 aliphatic carbocycles. The minimum Gasteiger partial charge on any atom is -0.507 e. The van der Waals surface area contributed by atoms with Crippen LogP contribution in [0.4, 0.5) is 0 Å². The van der Waals surface area contributed by atoms with E-state index in [1.807, 2.05) is 30.3 Å². The van der Waals surface area contributed by atoms with Gasteiger partial charge in [0.2, 0.25) is 0 Å². The second kappa shape index (κ2) is 3.58. The van der Waals surface area contributed by atoms with E-state index in [2.05, 4.69) is 0 Å². The van der Waals surface area contributed by atoms with Crippen LogP contribution in [-0.4, -0.2) is 16.5 Å². The number of carbonyl (C=O) groups is 1. The first-order valence-electron chi connectivity index (χ1n) is 6.50. The maximum Gasteiger partial charge on any atom is 0.156 e. The summed E-state index contributed by atoms with van der Waals surface area (Å²) in [4.78, 5) is 11.3. The molecular weight excluding hydrogens is 252 g/mol. The second-order valence-electron chi connectivity index (χ2n) is 5.32. The van der Waals surface area contributed by atoms with Crippen molar-refractivity contribution in [3.8, 4) is 5.75 Å². The van der Waals surface area contributed by atoms with Crippen LogP contribution in [0.25, 0.3) is 27.6 Å². The van der Waals surface area contributed by atoms with Gasteiger partial charge >= 0.3 is 0 Å². The number of rotatable bonds is 1. The molecule has 3 aromatic rings. The van der Waals surface area contributed by atoms with E-state index < -0.39 is 5.60 Å². The lowest BCUT2D eigenvalue weighted by Gasteiger charge is -2.27. The van der Waals surface area contributed by atoms with E-state index in [-0.39, 0.29) is 12.2 Å². The molecule has 0 spiro atoms. The van der Waals surface area contributed by atoms with Gasteiger partial charge in [-0.2, -0.15) is 0 Å². The molecule has 20 heavy (non-hydrogen) atoms. The molecule has 2 N–H and O–H groups in total. The molecule has 4 rings (SSSR count). The van der Waals surface area contributed by atoms with E-state index in [1.165, 1.54) is 0 Å². The largest absolute Gasteiger partial charge is 0.507 e. The van der Waals surface area contributed by atoms with Crippen LogP contribution in [0.3, 0.4) is 0 Å². The van der Waals surface area contributed by atoms with E-state index in [9.17, 15) is 15.0 Å². The molecule has 1 aliphatic rings. The van der Waals surface area contributed by atoms with Crippen LogP contribution in [0.15, 0.2) is 36.4 Å². The van der Waals surface area contributed by atoms with Gasteiger partial charge in [0, 0.05) is 17.2 Å². The van der Waals surface area contributed by atoms with Crippen LogP contribution < -0.4 is 5.22 Å². The van der Waals surface area contributed by atoms with Crippen LogP contribution in [-0.2, 0) is 10.4 Å². The maximum atomic E-state index is 11.3. The number of aromatic hydroxyl groups is 1. The highest BCUT2D eigenvalue weighted by atomic mass is 16.3. The van der Waals surface area contributed by atoms with Crippen molar-refractivity contribution in [2.45, 2.75) is 12.0 Å². The monoisotopic (exact) mass is 264 g/mol. The zero-order valence-electron chi connectivity index (χ0n) is 10.6. The van der Waals surface area contributed by atoms with Crippen LogP contribution in [0.5, 0.6) is 5.75 Å². The molecule has 3 aromatic carbocycles. The molecule has 0 saturated carbocycles. The normalized spacial score (nSPS) is 21.1. The molecular formula is C17H12O3. The highest BCUT2D eigenvalue weighted by Crippen LogP contribution is 2.38. The summed E-state index contributed by atoms with van der Waals surface area (Å²) in [5.74, 6) is 0.210. The number of benzene rings is 3. The van der Waals surface area contributed by atoms with Gasteiger partial charge in [-0.25, -0.2) is 0 Å². The Balaban J connectivity index is 2.34. The fourth-order valence-electron chi connectivity index (χ4n) is 3.18. The number of hydrogen-bond acceptors (Lipinski definition) is 3. The molecule has 1 atom stereocenters. The Hall–Kier alpha value is -2.39. The minimum absolute atomic E-state index is 0.210. The van der Waals surface area contributed by atoms with Gasteiger partial charge in [-0.05, 0) is 27.6 Å². The number of aldehydes is 1. The molecule has 0 amide bonds. The Labute approximate surface area is 114 Å². The van der Waals surface area contributed by atoms with Crippen LogP contribution in [0, 0.1) is 0 Å². The van der Waals surface area contributed by atoms with Crippen LogP contribution in [0.2, 0.25) is 0 Å². The number of phenols is 1. The van der Waals surface area contributed by atoms with Gasteiger partial charge in [-0.3, -0.25) is 4.79 Å². The third kappa shape index (κ3) is 1.25. The Morgan fingerprint density at radius 2 is 1.85 bits per heavy atom. The summed E-state index contributed by atoms with van der Waals surface area (Å²) in [5, 5.41) is 25.0. The predicted molar refractivity (Wildman–Crippen MR) is 77.4 cm³/mol. The van der Waals surface area contributed by atoms with Crippen molar-refractivity contribution >= 4 is 33.9 Å². The molecule has 0 saturated heterocycles. The average Bonchev–Trinajstić information content (AvgIpc) is 2.49. The highest BCUT2D eigenvalue weighted by molar-refractivity contribution is 6.14. The van der Waals surface area contributed by atoms with Crippen molar-refractivity contribution in [3.05, 3.63) is 47.2 Å². The van der Waals surface area contributed by atoms with Crippen LogP contribution in [0.1, 0.15) is 12.0 Å². The van der Waals surface area contributed by atoms with E-state index in [0.717, 1.165) is 26.8 Å². The highest BCUT2D eigenvalue weighted by Gasteiger charge is 2.32. The number of hydrogen-bond donors (Lipinski definition) is 2. The molecule has 0 aliphatic heterocycles. The molecule has 0 radical (unpaired) electrons. The number of aliphatic hydroxyl groups is 1. The molecule has 0 bridgehead atoms.